The predicted molar refractivity (Wildman–Crippen MR) is 73.4 cm³/mol. The van der Waals surface area contributed by atoms with E-state index in [1.807, 2.05) is 0 Å². The van der Waals surface area contributed by atoms with Crippen LogP contribution >= 0.6 is 0 Å². The molecule has 0 spiro atoms. The lowest BCUT2D eigenvalue weighted by Gasteiger charge is -2.46. The Kier molecular flexibility index (Phi) is 5.46. The molecule has 24 heavy (non-hydrogen) atoms. The molecule has 2 saturated heterocycles. The van der Waals surface area contributed by atoms with Gasteiger partial charge in [-0.25, -0.2) is 0 Å². The van der Waals surface area contributed by atoms with Crippen molar-refractivity contribution in [3.05, 3.63) is 0 Å². The van der Waals surface area contributed by atoms with Crippen LogP contribution in [-0.2, 0) is 18.9 Å². The Bertz CT molecular complexity index is 479. The zero-order chi connectivity index (χ0) is 20.5. The molecule has 142 valence electrons. The van der Waals surface area contributed by atoms with Crippen LogP contribution in [0.5, 0.6) is 0 Å². The van der Waals surface area contributed by atoms with Gasteiger partial charge in [0.25, 0.3) is 0 Å². The van der Waals surface area contributed by atoms with E-state index in [1.165, 1.54) is 0 Å². The monoisotopic (exact) mass is 359 g/mol. The summed E-state index contributed by atoms with van der Waals surface area (Å²) in [7, 11) is -3.02. The minimum absolute atomic E-state index is 0.752. The van der Waals surface area contributed by atoms with E-state index in [0.717, 1.165) is 0 Å². The van der Waals surface area contributed by atoms with Gasteiger partial charge in [0.15, 0.2) is 12.6 Å². The Morgan fingerprint density at radius 1 is 0.833 bits per heavy atom. The third kappa shape index (κ3) is 3.71. The van der Waals surface area contributed by atoms with Crippen molar-refractivity contribution in [2.45, 2.75) is 61.4 Å². The van der Waals surface area contributed by atoms with Gasteiger partial charge in [-0.1, -0.05) is 0 Å². The van der Waals surface area contributed by atoms with Crippen LogP contribution in [-0.4, -0.2) is 117 Å². The van der Waals surface area contributed by atoms with Gasteiger partial charge in [0, 0.05) is 7.04 Å². The summed E-state index contributed by atoms with van der Waals surface area (Å²) in [6, 6.07) is 0. The van der Waals surface area contributed by atoms with Gasteiger partial charge >= 0.3 is 0 Å². The largest absolute Gasteiger partial charge is 0.394 e. The highest BCUT2D eigenvalue weighted by molar-refractivity contribution is 4.94. The van der Waals surface area contributed by atoms with E-state index < -0.39 is 81.7 Å². The normalized spacial score (nSPS) is 52.4. The standard InChI is InChI=1S/C13H24O11/c1-21-11-7(17)6(16)4(2-14)23-13(11)24-10-5(3-15)22-12(20)9(19)8(10)18/h4-20H,2-3H2,1H3/t4-,5-,6+,7+,8-,9-,10-,11-,12?,13+/m1/s1/i1D3. The molecule has 0 aromatic heterocycles. The summed E-state index contributed by atoms with van der Waals surface area (Å²) in [6.45, 7) is -1.51. The number of aliphatic hydroxyl groups excluding tert-OH is 7. The van der Waals surface area contributed by atoms with Crippen LogP contribution < -0.4 is 0 Å². The van der Waals surface area contributed by atoms with Gasteiger partial charge in [-0.2, -0.15) is 0 Å². The van der Waals surface area contributed by atoms with E-state index in [1.54, 1.807) is 0 Å². The van der Waals surface area contributed by atoms with Gasteiger partial charge in [-0.05, 0) is 0 Å². The Labute approximate surface area is 141 Å². The lowest BCUT2D eigenvalue weighted by atomic mass is 9.97. The third-order valence-electron chi connectivity index (χ3n) is 4.09. The average molecular weight is 359 g/mol. The van der Waals surface area contributed by atoms with Crippen LogP contribution in [0, 0.1) is 0 Å². The Morgan fingerprint density at radius 2 is 1.46 bits per heavy atom. The fraction of sp³-hybridized carbons (Fsp3) is 1.00. The summed E-state index contributed by atoms with van der Waals surface area (Å²) in [5, 5.41) is 68.0. The highest BCUT2D eigenvalue weighted by Crippen LogP contribution is 2.29. The number of methoxy groups -OCH3 is 1. The van der Waals surface area contributed by atoms with Crippen molar-refractivity contribution in [2.24, 2.45) is 0 Å². The summed E-state index contributed by atoms with van der Waals surface area (Å²) < 4.78 is 41.8. The first kappa shape index (κ1) is 15.8. The number of hydrogen-bond donors (Lipinski definition) is 7. The molecule has 2 fully saturated rings. The minimum Gasteiger partial charge on any atom is -0.394 e. The summed E-state index contributed by atoms with van der Waals surface area (Å²) in [6.07, 6.45) is -16.7. The van der Waals surface area contributed by atoms with Crippen molar-refractivity contribution in [2.75, 3.05) is 20.3 Å². The molecule has 2 aliphatic rings. The molecule has 0 aromatic carbocycles. The number of rotatable bonds is 5. The molecule has 2 rings (SSSR count). The van der Waals surface area contributed by atoms with Gasteiger partial charge in [-0.15, -0.1) is 0 Å². The lowest BCUT2D eigenvalue weighted by Crippen LogP contribution is -2.64. The van der Waals surface area contributed by atoms with Crippen molar-refractivity contribution in [1.29, 1.82) is 0 Å². The van der Waals surface area contributed by atoms with Crippen molar-refractivity contribution in [3.8, 4) is 0 Å². The summed E-state index contributed by atoms with van der Waals surface area (Å²) >= 11 is 0. The first-order valence-corrected chi connectivity index (χ1v) is 7.26. The van der Waals surface area contributed by atoms with Crippen LogP contribution in [0.1, 0.15) is 4.11 Å². The van der Waals surface area contributed by atoms with E-state index in [9.17, 15) is 35.7 Å². The number of aliphatic hydroxyl groups is 7. The second-order valence-electron chi connectivity index (χ2n) is 5.62. The van der Waals surface area contributed by atoms with Gasteiger partial charge in [0.2, 0.25) is 0 Å². The quantitative estimate of drug-likeness (QED) is 0.251. The fourth-order valence-electron chi connectivity index (χ4n) is 2.68. The highest BCUT2D eigenvalue weighted by Gasteiger charge is 2.50. The molecule has 1 unspecified atom stereocenters. The fourth-order valence-corrected chi connectivity index (χ4v) is 2.68. The zero-order valence-electron chi connectivity index (χ0n) is 15.5. The Hall–Kier alpha value is -0.440. The average Bonchev–Trinajstić information content (AvgIpc) is 2.60. The van der Waals surface area contributed by atoms with Crippen LogP contribution in [0.2, 0.25) is 0 Å². The zero-order valence-corrected chi connectivity index (χ0v) is 12.5. The topological polar surface area (TPSA) is 179 Å². The summed E-state index contributed by atoms with van der Waals surface area (Å²) in [5.41, 5.74) is 0. The smallest absolute Gasteiger partial charge is 0.187 e. The lowest BCUT2D eigenvalue weighted by molar-refractivity contribution is -0.357. The molecule has 10 atom stereocenters. The summed E-state index contributed by atoms with van der Waals surface area (Å²) in [4.78, 5) is 0. The SMILES string of the molecule is [2H]C([2H])([2H])O[C@H]1[C@H](O[C@H]2[C@H](O)[C@@H](O)C(O)O[C@@H]2CO)O[C@H](CO)[C@H](O)[C@@H]1O. The van der Waals surface area contributed by atoms with E-state index in [-0.39, 0.29) is 0 Å². The maximum atomic E-state index is 10.2. The number of hydrogen-bond acceptors (Lipinski definition) is 11. The molecule has 11 heteroatoms. The second kappa shape index (κ2) is 8.29. The molecule has 7 N–H and O–H groups in total. The van der Waals surface area contributed by atoms with Crippen LogP contribution in [0.15, 0.2) is 0 Å². The summed E-state index contributed by atoms with van der Waals surface area (Å²) in [5.74, 6) is 0. The van der Waals surface area contributed by atoms with E-state index >= 15 is 0 Å². The highest BCUT2D eigenvalue weighted by atomic mass is 16.7. The predicted octanol–water partition coefficient (Wildman–Crippen LogP) is -4.74. The maximum absolute atomic E-state index is 10.2. The number of ether oxygens (including phenoxy) is 4. The molecule has 2 aliphatic heterocycles. The van der Waals surface area contributed by atoms with Crippen LogP contribution in [0.25, 0.3) is 0 Å². The molecular formula is C13H24O11. The molecular weight excluding hydrogens is 332 g/mol. The van der Waals surface area contributed by atoms with Crippen molar-refractivity contribution in [3.63, 3.8) is 0 Å². The van der Waals surface area contributed by atoms with E-state index in [0.29, 0.717) is 0 Å². The molecule has 0 aromatic rings. The van der Waals surface area contributed by atoms with Crippen LogP contribution in [0.3, 0.4) is 0 Å². The molecule has 2 heterocycles. The molecule has 0 radical (unpaired) electrons. The Balaban J connectivity index is 2.24. The molecule has 11 nitrogen and oxygen atoms in total. The van der Waals surface area contributed by atoms with Crippen molar-refractivity contribution < 1.29 is 58.8 Å². The third-order valence-corrected chi connectivity index (χ3v) is 4.09. The molecule has 0 bridgehead atoms. The molecule has 0 saturated carbocycles. The molecule has 0 amide bonds. The maximum Gasteiger partial charge on any atom is 0.187 e. The second-order valence-corrected chi connectivity index (χ2v) is 5.62. The van der Waals surface area contributed by atoms with Crippen molar-refractivity contribution in [1.82, 2.24) is 0 Å². The van der Waals surface area contributed by atoms with E-state index in [2.05, 4.69) is 0 Å². The molecule has 0 aliphatic carbocycles. The van der Waals surface area contributed by atoms with Crippen LogP contribution in [0.4, 0.5) is 0 Å². The van der Waals surface area contributed by atoms with Crippen molar-refractivity contribution >= 4 is 0 Å². The van der Waals surface area contributed by atoms with Gasteiger partial charge in [0.05, 0.1) is 17.3 Å². The first-order valence-electron chi connectivity index (χ1n) is 8.76. The van der Waals surface area contributed by atoms with Gasteiger partial charge < -0.3 is 54.7 Å². The van der Waals surface area contributed by atoms with Gasteiger partial charge in [-0.3, -0.25) is 0 Å². The minimum atomic E-state index is -3.02. The first-order chi connectivity index (χ1) is 12.5. The Morgan fingerprint density at radius 3 is 2.04 bits per heavy atom. The van der Waals surface area contributed by atoms with E-state index in [4.69, 9.17) is 23.1 Å². The van der Waals surface area contributed by atoms with Gasteiger partial charge in [0.1, 0.15) is 48.8 Å².